The maximum absolute atomic E-state index is 13.8. The predicted octanol–water partition coefficient (Wildman–Crippen LogP) is 5.32. The van der Waals surface area contributed by atoms with Gasteiger partial charge in [-0.3, -0.25) is 13.9 Å². The number of nitrogens with zero attached hydrogens (tertiary/aromatic N) is 2. The summed E-state index contributed by atoms with van der Waals surface area (Å²) in [5.41, 5.74) is 1.55. The second-order valence-electron chi connectivity index (χ2n) is 9.23. The van der Waals surface area contributed by atoms with Crippen LogP contribution >= 0.6 is 11.6 Å². The molecule has 0 aliphatic rings. The zero-order valence-electron chi connectivity index (χ0n) is 22.2. The van der Waals surface area contributed by atoms with Crippen LogP contribution in [0.15, 0.2) is 77.7 Å². The highest BCUT2D eigenvalue weighted by Gasteiger charge is 2.32. The fraction of sp³-hybridized carbons (Fsp3) is 0.310. The number of anilines is 1. The van der Waals surface area contributed by atoms with E-state index in [1.807, 2.05) is 6.92 Å². The van der Waals surface area contributed by atoms with Gasteiger partial charge < -0.3 is 10.2 Å². The van der Waals surface area contributed by atoms with Gasteiger partial charge in [0, 0.05) is 18.1 Å². The lowest BCUT2D eigenvalue weighted by atomic mass is 10.1. The Balaban J connectivity index is 2.00. The Morgan fingerprint density at radius 2 is 1.69 bits per heavy atom. The minimum absolute atomic E-state index is 0.00457. The topological polar surface area (TPSA) is 86.8 Å². The Hall–Kier alpha value is -3.43. The number of halogens is 2. The fourth-order valence-corrected chi connectivity index (χ4v) is 5.49. The van der Waals surface area contributed by atoms with Crippen LogP contribution in [0.2, 0.25) is 5.02 Å². The summed E-state index contributed by atoms with van der Waals surface area (Å²) in [5, 5.41) is 3.17. The predicted molar refractivity (Wildman–Crippen MR) is 151 cm³/mol. The number of hydrogen-bond donors (Lipinski definition) is 1. The Kier molecular flexibility index (Phi) is 10.5. The molecule has 0 aliphatic heterocycles. The second kappa shape index (κ2) is 13.6. The van der Waals surface area contributed by atoms with E-state index in [9.17, 15) is 22.4 Å². The second-order valence-corrected chi connectivity index (χ2v) is 11.5. The van der Waals surface area contributed by atoms with E-state index in [-0.39, 0.29) is 23.0 Å². The first-order chi connectivity index (χ1) is 18.5. The van der Waals surface area contributed by atoms with Gasteiger partial charge in [-0.25, -0.2) is 12.8 Å². The average molecular weight is 574 g/mol. The molecule has 0 bridgehead atoms. The van der Waals surface area contributed by atoms with Crippen molar-refractivity contribution in [3.05, 3.63) is 94.8 Å². The molecule has 208 valence electrons. The molecule has 0 saturated heterocycles. The van der Waals surface area contributed by atoms with Crippen LogP contribution in [0.25, 0.3) is 0 Å². The number of amides is 2. The SMILES string of the molecule is CCCCNC(=O)C(C)N(Cc1ccc(F)cc1)C(=O)CN(c1ccc(C)c(Cl)c1)S(=O)(=O)c1ccccc1. The first kappa shape index (κ1) is 30.1. The molecule has 3 rings (SSSR count). The molecule has 39 heavy (non-hydrogen) atoms. The van der Waals surface area contributed by atoms with Crippen molar-refractivity contribution in [3.8, 4) is 0 Å². The molecule has 2 amide bonds. The van der Waals surface area contributed by atoms with Crippen molar-refractivity contribution in [2.24, 2.45) is 0 Å². The highest BCUT2D eigenvalue weighted by atomic mass is 35.5. The lowest BCUT2D eigenvalue weighted by Gasteiger charge is -2.32. The molecule has 0 fully saturated rings. The maximum Gasteiger partial charge on any atom is 0.264 e. The zero-order valence-corrected chi connectivity index (χ0v) is 23.8. The number of nitrogens with one attached hydrogen (secondary N) is 1. The van der Waals surface area contributed by atoms with Gasteiger partial charge in [0.05, 0.1) is 10.6 Å². The summed E-state index contributed by atoms with van der Waals surface area (Å²) in [5.74, 6) is -1.40. The number of sulfonamides is 1. The van der Waals surface area contributed by atoms with Crippen LogP contribution in [0, 0.1) is 12.7 Å². The van der Waals surface area contributed by atoms with Gasteiger partial charge in [0.2, 0.25) is 11.8 Å². The molecule has 0 radical (unpaired) electrons. The third kappa shape index (κ3) is 7.80. The molecule has 7 nitrogen and oxygen atoms in total. The van der Waals surface area contributed by atoms with Crippen LogP contribution in [0.5, 0.6) is 0 Å². The molecular weight excluding hydrogens is 541 g/mol. The summed E-state index contributed by atoms with van der Waals surface area (Å²) < 4.78 is 42.0. The summed E-state index contributed by atoms with van der Waals surface area (Å²) in [6.07, 6.45) is 1.67. The number of hydrogen-bond acceptors (Lipinski definition) is 4. The quantitative estimate of drug-likeness (QED) is 0.297. The minimum Gasteiger partial charge on any atom is -0.354 e. The van der Waals surface area contributed by atoms with E-state index in [2.05, 4.69) is 5.32 Å². The summed E-state index contributed by atoms with van der Waals surface area (Å²) in [6, 6.07) is 17.2. The molecule has 0 spiro atoms. The van der Waals surface area contributed by atoms with Gasteiger partial charge in [-0.2, -0.15) is 0 Å². The van der Waals surface area contributed by atoms with Crippen molar-refractivity contribution in [1.29, 1.82) is 0 Å². The highest BCUT2D eigenvalue weighted by Crippen LogP contribution is 2.28. The van der Waals surface area contributed by atoms with Crippen molar-refractivity contribution < 1.29 is 22.4 Å². The van der Waals surface area contributed by atoms with Crippen LogP contribution in [-0.2, 0) is 26.2 Å². The van der Waals surface area contributed by atoms with Gasteiger partial charge in [-0.1, -0.05) is 61.3 Å². The normalized spacial score (nSPS) is 12.0. The lowest BCUT2D eigenvalue weighted by Crippen LogP contribution is -2.51. The largest absolute Gasteiger partial charge is 0.354 e. The minimum atomic E-state index is -4.18. The van der Waals surface area contributed by atoms with Gasteiger partial charge in [-0.05, 0) is 67.8 Å². The smallest absolute Gasteiger partial charge is 0.264 e. The van der Waals surface area contributed by atoms with Crippen molar-refractivity contribution in [2.75, 3.05) is 17.4 Å². The molecule has 1 N–H and O–H groups in total. The molecule has 0 saturated carbocycles. The Morgan fingerprint density at radius 1 is 1.03 bits per heavy atom. The zero-order chi connectivity index (χ0) is 28.6. The van der Waals surface area contributed by atoms with Gasteiger partial charge >= 0.3 is 0 Å². The standard InChI is InChI=1S/C29H33ClFN3O4S/c1-4-5-17-32-29(36)22(3)33(19-23-12-14-24(31)15-13-23)28(35)20-34(25-16-11-21(2)27(30)18-25)39(37,38)26-9-7-6-8-10-26/h6-16,18,22H,4-5,17,19-20H2,1-3H3,(H,32,36). The molecule has 1 atom stereocenters. The Labute approximate surface area is 234 Å². The highest BCUT2D eigenvalue weighted by molar-refractivity contribution is 7.92. The third-order valence-corrected chi connectivity index (χ3v) is 8.51. The monoisotopic (exact) mass is 573 g/mol. The van der Waals surface area contributed by atoms with E-state index < -0.39 is 34.3 Å². The molecule has 0 aromatic heterocycles. The molecule has 3 aromatic rings. The average Bonchev–Trinajstić information content (AvgIpc) is 2.93. The van der Waals surface area contributed by atoms with E-state index in [0.29, 0.717) is 17.1 Å². The number of rotatable bonds is 12. The van der Waals surface area contributed by atoms with Gasteiger partial charge in [-0.15, -0.1) is 0 Å². The number of carbonyl (C=O) groups excluding carboxylic acids is 2. The number of carbonyl (C=O) groups is 2. The summed E-state index contributed by atoms with van der Waals surface area (Å²) in [4.78, 5) is 28.1. The summed E-state index contributed by atoms with van der Waals surface area (Å²) in [6.45, 7) is 5.23. The van der Waals surface area contributed by atoms with E-state index >= 15 is 0 Å². The number of benzene rings is 3. The number of unbranched alkanes of at least 4 members (excludes halogenated alkanes) is 1. The molecule has 10 heteroatoms. The Morgan fingerprint density at radius 3 is 2.31 bits per heavy atom. The summed E-state index contributed by atoms with van der Waals surface area (Å²) in [7, 11) is -4.18. The van der Waals surface area contributed by atoms with Crippen LogP contribution in [0.1, 0.15) is 37.8 Å². The first-order valence-electron chi connectivity index (χ1n) is 12.7. The fourth-order valence-electron chi connectivity index (χ4n) is 3.89. The van der Waals surface area contributed by atoms with Crippen molar-refractivity contribution in [1.82, 2.24) is 10.2 Å². The van der Waals surface area contributed by atoms with Crippen molar-refractivity contribution >= 4 is 39.1 Å². The van der Waals surface area contributed by atoms with Gasteiger partial charge in [0.1, 0.15) is 18.4 Å². The van der Waals surface area contributed by atoms with Crippen LogP contribution in [0.3, 0.4) is 0 Å². The van der Waals surface area contributed by atoms with Crippen molar-refractivity contribution in [3.63, 3.8) is 0 Å². The molecule has 1 unspecified atom stereocenters. The van der Waals surface area contributed by atoms with Gasteiger partial charge in [0.15, 0.2) is 0 Å². The molecule has 3 aromatic carbocycles. The van der Waals surface area contributed by atoms with E-state index in [0.717, 1.165) is 22.7 Å². The Bertz CT molecular complexity index is 1390. The number of aryl methyl sites for hydroxylation is 1. The van der Waals surface area contributed by atoms with E-state index in [1.54, 1.807) is 44.2 Å². The van der Waals surface area contributed by atoms with Gasteiger partial charge in [0.25, 0.3) is 10.0 Å². The van der Waals surface area contributed by atoms with E-state index in [4.69, 9.17) is 11.6 Å². The van der Waals surface area contributed by atoms with Crippen LogP contribution in [0.4, 0.5) is 10.1 Å². The third-order valence-electron chi connectivity index (χ3n) is 6.32. The van der Waals surface area contributed by atoms with E-state index in [1.165, 1.54) is 47.4 Å². The lowest BCUT2D eigenvalue weighted by molar-refractivity contribution is -0.139. The van der Waals surface area contributed by atoms with Crippen molar-refractivity contribution in [2.45, 2.75) is 51.1 Å². The van der Waals surface area contributed by atoms with Crippen LogP contribution < -0.4 is 9.62 Å². The summed E-state index contributed by atoms with van der Waals surface area (Å²) >= 11 is 6.33. The molecule has 0 aliphatic carbocycles. The van der Waals surface area contributed by atoms with Crippen LogP contribution in [-0.4, -0.2) is 44.3 Å². The molecule has 0 heterocycles. The maximum atomic E-state index is 13.8. The molecular formula is C29H33ClFN3O4S. The first-order valence-corrected chi connectivity index (χ1v) is 14.5.